The van der Waals surface area contributed by atoms with Crippen LogP contribution in [-0.4, -0.2) is 17.2 Å². The zero-order valence-electron chi connectivity index (χ0n) is 8.11. The number of nitrogens with one attached hydrogen (secondary N) is 1. The topological polar surface area (TPSA) is 51.0 Å². The molecule has 4 nitrogen and oxygen atoms in total. The Labute approximate surface area is 82.0 Å². The highest BCUT2D eigenvalue weighted by Crippen LogP contribution is 2.17. The Bertz CT molecular complexity index is 436. The number of hydrogen-bond donors (Lipinski definition) is 1. The van der Waals surface area contributed by atoms with Crippen LogP contribution < -0.4 is 5.32 Å². The van der Waals surface area contributed by atoms with E-state index in [1.54, 1.807) is 7.05 Å². The Kier molecular flexibility index (Phi) is 2.18. The van der Waals surface area contributed by atoms with Crippen LogP contribution in [0.1, 0.15) is 5.56 Å². The molecule has 14 heavy (non-hydrogen) atoms. The highest BCUT2D eigenvalue weighted by molar-refractivity contribution is 5.56. The number of anilines is 1. The molecule has 0 amide bonds. The normalized spacial score (nSPS) is 10.1. The summed E-state index contributed by atoms with van der Waals surface area (Å²) in [6.45, 7) is 2.03. The van der Waals surface area contributed by atoms with Gasteiger partial charge in [-0.1, -0.05) is 28.9 Å². The van der Waals surface area contributed by atoms with Gasteiger partial charge in [0.1, 0.15) is 0 Å². The standard InChI is InChI=1S/C10H11N3O/c1-7-4-3-5-8(6-7)9-12-10(11-2)14-13-9/h3-6H,1-2H3,(H,11,12,13). The van der Waals surface area contributed by atoms with E-state index < -0.39 is 0 Å². The van der Waals surface area contributed by atoms with Gasteiger partial charge < -0.3 is 9.84 Å². The molecule has 0 atom stereocenters. The molecule has 0 saturated heterocycles. The summed E-state index contributed by atoms with van der Waals surface area (Å²) in [5, 5.41) is 6.64. The summed E-state index contributed by atoms with van der Waals surface area (Å²) in [6, 6.07) is 8.41. The maximum atomic E-state index is 4.94. The van der Waals surface area contributed by atoms with E-state index in [1.165, 1.54) is 5.56 Å². The molecule has 1 aromatic carbocycles. The van der Waals surface area contributed by atoms with Crippen LogP contribution in [-0.2, 0) is 0 Å². The smallest absolute Gasteiger partial charge is 0.321 e. The number of rotatable bonds is 2. The van der Waals surface area contributed by atoms with Crippen molar-refractivity contribution < 1.29 is 4.52 Å². The van der Waals surface area contributed by atoms with E-state index in [9.17, 15) is 0 Å². The van der Waals surface area contributed by atoms with E-state index in [4.69, 9.17) is 4.52 Å². The molecule has 4 heteroatoms. The zero-order chi connectivity index (χ0) is 9.97. The number of hydrogen-bond acceptors (Lipinski definition) is 4. The van der Waals surface area contributed by atoms with Crippen LogP contribution in [0.3, 0.4) is 0 Å². The Balaban J connectivity index is 2.39. The van der Waals surface area contributed by atoms with Gasteiger partial charge in [0.05, 0.1) is 0 Å². The van der Waals surface area contributed by atoms with Gasteiger partial charge in [0.2, 0.25) is 5.82 Å². The molecule has 0 saturated carbocycles. The molecule has 0 spiro atoms. The van der Waals surface area contributed by atoms with E-state index in [-0.39, 0.29) is 0 Å². The summed E-state index contributed by atoms with van der Waals surface area (Å²) in [4.78, 5) is 4.15. The quantitative estimate of drug-likeness (QED) is 0.785. The van der Waals surface area contributed by atoms with E-state index in [0.29, 0.717) is 11.8 Å². The SMILES string of the molecule is CNc1nc(-c2cccc(C)c2)no1. The van der Waals surface area contributed by atoms with Crippen LogP contribution in [0.5, 0.6) is 0 Å². The molecule has 0 bridgehead atoms. The molecule has 2 rings (SSSR count). The van der Waals surface area contributed by atoms with Crippen molar-refractivity contribution in [1.82, 2.24) is 10.1 Å². The molecule has 1 aromatic heterocycles. The van der Waals surface area contributed by atoms with Crippen LogP contribution in [0, 0.1) is 6.92 Å². The van der Waals surface area contributed by atoms with Crippen molar-refractivity contribution in [2.24, 2.45) is 0 Å². The van der Waals surface area contributed by atoms with Crippen molar-refractivity contribution in [2.75, 3.05) is 12.4 Å². The summed E-state index contributed by atoms with van der Waals surface area (Å²) in [6.07, 6.45) is 0. The van der Waals surface area contributed by atoms with Gasteiger partial charge >= 0.3 is 6.01 Å². The van der Waals surface area contributed by atoms with Crippen LogP contribution >= 0.6 is 0 Å². The van der Waals surface area contributed by atoms with Crippen molar-refractivity contribution in [3.63, 3.8) is 0 Å². The van der Waals surface area contributed by atoms with Gasteiger partial charge in [-0.25, -0.2) is 0 Å². The van der Waals surface area contributed by atoms with Gasteiger partial charge in [-0.15, -0.1) is 0 Å². The Hall–Kier alpha value is -1.84. The second-order valence-electron chi connectivity index (χ2n) is 3.04. The third kappa shape index (κ3) is 1.59. The molecular weight excluding hydrogens is 178 g/mol. The first-order valence-corrected chi connectivity index (χ1v) is 4.38. The summed E-state index contributed by atoms with van der Waals surface area (Å²) >= 11 is 0. The molecule has 0 fully saturated rings. The highest BCUT2D eigenvalue weighted by Gasteiger charge is 2.06. The summed E-state index contributed by atoms with van der Waals surface area (Å²) in [5.41, 5.74) is 2.15. The first-order valence-electron chi connectivity index (χ1n) is 4.38. The lowest BCUT2D eigenvalue weighted by Crippen LogP contribution is -1.87. The second-order valence-corrected chi connectivity index (χ2v) is 3.04. The Morgan fingerprint density at radius 1 is 1.36 bits per heavy atom. The lowest BCUT2D eigenvalue weighted by molar-refractivity contribution is 0.434. The molecule has 0 aliphatic carbocycles. The van der Waals surface area contributed by atoms with Crippen LogP contribution in [0.4, 0.5) is 6.01 Å². The molecular formula is C10H11N3O. The molecule has 1 heterocycles. The lowest BCUT2D eigenvalue weighted by Gasteiger charge is -1.94. The Morgan fingerprint density at radius 2 is 2.21 bits per heavy atom. The van der Waals surface area contributed by atoms with E-state index >= 15 is 0 Å². The van der Waals surface area contributed by atoms with Crippen molar-refractivity contribution in [1.29, 1.82) is 0 Å². The summed E-state index contributed by atoms with van der Waals surface area (Å²) < 4.78 is 4.94. The van der Waals surface area contributed by atoms with E-state index in [1.807, 2.05) is 31.2 Å². The Morgan fingerprint density at radius 3 is 2.86 bits per heavy atom. The fourth-order valence-corrected chi connectivity index (χ4v) is 1.23. The van der Waals surface area contributed by atoms with Gasteiger partial charge in [0.25, 0.3) is 0 Å². The third-order valence-corrected chi connectivity index (χ3v) is 1.92. The lowest BCUT2D eigenvalue weighted by atomic mass is 10.1. The highest BCUT2D eigenvalue weighted by atomic mass is 16.5. The number of aromatic nitrogens is 2. The summed E-state index contributed by atoms with van der Waals surface area (Å²) in [7, 11) is 1.74. The van der Waals surface area contributed by atoms with Gasteiger partial charge in [-0.3, -0.25) is 0 Å². The van der Waals surface area contributed by atoms with Crippen molar-refractivity contribution in [2.45, 2.75) is 6.92 Å². The van der Waals surface area contributed by atoms with E-state index in [2.05, 4.69) is 15.5 Å². The molecule has 2 aromatic rings. The predicted octanol–water partition coefficient (Wildman–Crippen LogP) is 2.09. The maximum absolute atomic E-state index is 4.94. The van der Waals surface area contributed by atoms with Crippen molar-refractivity contribution in [3.05, 3.63) is 29.8 Å². The fraction of sp³-hybridized carbons (Fsp3) is 0.200. The molecule has 0 aliphatic rings. The fourth-order valence-electron chi connectivity index (χ4n) is 1.23. The molecule has 0 aliphatic heterocycles. The van der Waals surface area contributed by atoms with E-state index in [0.717, 1.165) is 5.56 Å². The number of nitrogens with zero attached hydrogens (tertiary/aromatic N) is 2. The zero-order valence-corrected chi connectivity index (χ0v) is 8.11. The molecule has 0 unspecified atom stereocenters. The second kappa shape index (κ2) is 3.49. The predicted molar refractivity (Wildman–Crippen MR) is 54.0 cm³/mol. The molecule has 1 N–H and O–H groups in total. The van der Waals surface area contributed by atoms with Gasteiger partial charge in [-0.2, -0.15) is 4.98 Å². The van der Waals surface area contributed by atoms with Crippen LogP contribution in [0.15, 0.2) is 28.8 Å². The first kappa shape index (κ1) is 8.74. The summed E-state index contributed by atoms with van der Waals surface area (Å²) in [5.74, 6) is 0.609. The van der Waals surface area contributed by atoms with Crippen molar-refractivity contribution in [3.8, 4) is 11.4 Å². The minimum absolute atomic E-state index is 0.432. The number of benzene rings is 1. The maximum Gasteiger partial charge on any atom is 0.321 e. The number of aryl methyl sites for hydroxylation is 1. The molecule has 0 radical (unpaired) electrons. The van der Waals surface area contributed by atoms with Gasteiger partial charge in [0.15, 0.2) is 0 Å². The average molecular weight is 189 g/mol. The van der Waals surface area contributed by atoms with Crippen LogP contribution in [0.2, 0.25) is 0 Å². The largest absolute Gasteiger partial charge is 0.341 e. The average Bonchev–Trinajstić information content (AvgIpc) is 2.66. The van der Waals surface area contributed by atoms with Gasteiger partial charge in [0, 0.05) is 12.6 Å². The third-order valence-electron chi connectivity index (χ3n) is 1.92. The van der Waals surface area contributed by atoms with Gasteiger partial charge in [-0.05, 0) is 13.0 Å². The first-order chi connectivity index (χ1) is 6.79. The van der Waals surface area contributed by atoms with Crippen LogP contribution in [0.25, 0.3) is 11.4 Å². The minimum Gasteiger partial charge on any atom is -0.341 e. The monoisotopic (exact) mass is 189 g/mol. The minimum atomic E-state index is 0.432. The molecule has 72 valence electrons. The van der Waals surface area contributed by atoms with Crippen molar-refractivity contribution >= 4 is 6.01 Å².